The Kier molecular flexibility index (Phi) is 4.85. The highest BCUT2D eigenvalue weighted by molar-refractivity contribution is 5.84. The van der Waals surface area contributed by atoms with E-state index in [0.29, 0.717) is 13.0 Å². The monoisotopic (exact) mass is 322 g/mol. The van der Waals surface area contributed by atoms with Crippen molar-refractivity contribution in [2.45, 2.75) is 26.3 Å². The molecule has 124 valence electrons. The molecule has 4 nitrogen and oxygen atoms in total. The van der Waals surface area contributed by atoms with E-state index in [1.54, 1.807) is 6.08 Å². The van der Waals surface area contributed by atoms with Crippen LogP contribution in [0.15, 0.2) is 60.3 Å². The van der Waals surface area contributed by atoms with Crippen LogP contribution in [0.5, 0.6) is 0 Å². The van der Waals surface area contributed by atoms with Crippen molar-refractivity contribution in [1.82, 2.24) is 0 Å². The van der Waals surface area contributed by atoms with Gasteiger partial charge in [-0.15, -0.1) is 0 Å². The van der Waals surface area contributed by atoms with E-state index in [2.05, 4.69) is 47.9 Å². The summed E-state index contributed by atoms with van der Waals surface area (Å²) in [7, 11) is 0. The number of benzene rings is 2. The van der Waals surface area contributed by atoms with Crippen molar-refractivity contribution < 1.29 is 9.53 Å². The number of fused-ring (bicyclic) bond motifs is 1. The third-order valence-corrected chi connectivity index (χ3v) is 4.00. The van der Waals surface area contributed by atoms with Crippen LogP contribution in [0.1, 0.15) is 30.5 Å². The first-order chi connectivity index (χ1) is 11.7. The van der Waals surface area contributed by atoms with E-state index in [-0.39, 0.29) is 12.0 Å². The second kappa shape index (κ2) is 7.21. The second-order valence-electron chi connectivity index (χ2n) is 5.91. The van der Waals surface area contributed by atoms with Crippen molar-refractivity contribution in [2.24, 2.45) is 0 Å². The molecule has 1 aliphatic heterocycles. The van der Waals surface area contributed by atoms with Gasteiger partial charge in [-0.05, 0) is 37.1 Å². The van der Waals surface area contributed by atoms with E-state index < -0.39 is 0 Å². The lowest BCUT2D eigenvalue weighted by Crippen LogP contribution is -2.11. The lowest BCUT2D eigenvalue weighted by molar-refractivity contribution is -0.137. The number of anilines is 2. The number of carbonyl (C=O) groups is 1. The van der Waals surface area contributed by atoms with Gasteiger partial charge in [0.25, 0.3) is 0 Å². The van der Waals surface area contributed by atoms with E-state index >= 15 is 0 Å². The van der Waals surface area contributed by atoms with Gasteiger partial charge in [-0.2, -0.15) is 0 Å². The molecule has 2 N–H and O–H groups in total. The molecule has 1 heterocycles. The van der Waals surface area contributed by atoms with Crippen LogP contribution in [0.3, 0.4) is 0 Å². The molecule has 24 heavy (non-hydrogen) atoms. The van der Waals surface area contributed by atoms with Crippen LogP contribution in [0.25, 0.3) is 0 Å². The Morgan fingerprint density at radius 2 is 2.00 bits per heavy atom. The Bertz CT molecular complexity index is 753. The first kappa shape index (κ1) is 16.1. The van der Waals surface area contributed by atoms with Crippen LogP contribution in [-0.2, 0) is 9.53 Å². The van der Waals surface area contributed by atoms with Gasteiger partial charge >= 0.3 is 5.97 Å². The number of hydrogen-bond donors (Lipinski definition) is 2. The summed E-state index contributed by atoms with van der Waals surface area (Å²) in [4.78, 5) is 11.9. The summed E-state index contributed by atoms with van der Waals surface area (Å²) in [6.07, 6.45) is 2.23. The van der Waals surface area contributed by atoms with Crippen LogP contribution in [0.4, 0.5) is 11.4 Å². The SMILES string of the molecule is CCOC(=O)/C=C1/CC(c2ccccc2)Nc2ccc(C)cc2N1. The molecule has 1 aliphatic rings. The topological polar surface area (TPSA) is 50.4 Å². The molecule has 0 spiro atoms. The minimum atomic E-state index is -0.317. The molecule has 0 radical (unpaired) electrons. The van der Waals surface area contributed by atoms with Gasteiger partial charge in [0.05, 0.1) is 24.0 Å². The van der Waals surface area contributed by atoms with Gasteiger partial charge in [0.2, 0.25) is 0 Å². The van der Waals surface area contributed by atoms with E-state index in [4.69, 9.17) is 4.74 Å². The van der Waals surface area contributed by atoms with Crippen LogP contribution in [-0.4, -0.2) is 12.6 Å². The van der Waals surface area contributed by atoms with Gasteiger partial charge in [0.1, 0.15) is 0 Å². The number of esters is 1. The average molecular weight is 322 g/mol. The third-order valence-electron chi connectivity index (χ3n) is 4.00. The summed E-state index contributed by atoms with van der Waals surface area (Å²) < 4.78 is 5.06. The van der Waals surface area contributed by atoms with Gasteiger partial charge in [-0.3, -0.25) is 0 Å². The fourth-order valence-corrected chi connectivity index (χ4v) is 2.88. The Hall–Kier alpha value is -2.75. The van der Waals surface area contributed by atoms with Crippen molar-refractivity contribution in [2.75, 3.05) is 17.2 Å². The van der Waals surface area contributed by atoms with Crippen LogP contribution >= 0.6 is 0 Å². The highest BCUT2D eigenvalue weighted by atomic mass is 16.5. The van der Waals surface area contributed by atoms with Crippen LogP contribution in [0, 0.1) is 6.92 Å². The molecule has 0 saturated heterocycles. The number of carbonyl (C=O) groups excluding carboxylic acids is 1. The Balaban J connectivity index is 1.97. The molecule has 2 aromatic rings. The highest BCUT2D eigenvalue weighted by Crippen LogP contribution is 2.35. The summed E-state index contributed by atoms with van der Waals surface area (Å²) in [6, 6.07) is 16.6. The molecule has 3 rings (SSSR count). The second-order valence-corrected chi connectivity index (χ2v) is 5.91. The van der Waals surface area contributed by atoms with E-state index in [0.717, 1.165) is 22.6 Å². The number of hydrogen-bond acceptors (Lipinski definition) is 4. The maximum atomic E-state index is 11.9. The van der Waals surface area contributed by atoms with Crippen molar-refractivity contribution in [3.05, 3.63) is 71.4 Å². The Morgan fingerprint density at radius 1 is 1.21 bits per heavy atom. The minimum absolute atomic E-state index is 0.0864. The zero-order valence-electron chi connectivity index (χ0n) is 14.0. The maximum Gasteiger partial charge on any atom is 0.332 e. The van der Waals surface area contributed by atoms with E-state index in [1.165, 1.54) is 5.56 Å². The fraction of sp³-hybridized carbons (Fsp3) is 0.250. The molecule has 0 saturated carbocycles. The fourth-order valence-electron chi connectivity index (χ4n) is 2.88. The van der Waals surface area contributed by atoms with Gasteiger partial charge < -0.3 is 15.4 Å². The standard InChI is InChI=1S/C20H22N2O2/c1-3-24-20(23)13-16-12-18(15-7-5-4-6-8-15)22-17-10-9-14(2)11-19(17)21-16/h4-11,13,18,21-22H,3,12H2,1-2H3/b16-13-. The number of aryl methyl sites for hydroxylation is 1. The van der Waals surface area contributed by atoms with Crippen molar-refractivity contribution in [3.8, 4) is 0 Å². The Labute approximate surface area is 142 Å². The normalized spacial score (nSPS) is 18.1. The lowest BCUT2D eigenvalue weighted by atomic mass is 10.0. The first-order valence-electron chi connectivity index (χ1n) is 8.22. The Morgan fingerprint density at radius 3 is 2.75 bits per heavy atom. The number of ether oxygens (including phenoxy) is 1. The summed E-state index contributed by atoms with van der Waals surface area (Å²) in [6.45, 7) is 4.23. The van der Waals surface area contributed by atoms with Crippen LogP contribution < -0.4 is 10.6 Å². The molecule has 2 aromatic carbocycles. The van der Waals surface area contributed by atoms with Gasteiger partial charge in [-0.25, -0.2) is 4.79 Å². The number of rotatable bonds is 3. The highest BCUT2D eigenvalue weighted by Gasteiger charge is 2.20. The quantitative estimate of drug-likeness (QED) is 0.649. The molecule has 0 fully saturated rings. The summed E-state index contributed by atoms with van der Waals surface area (Å²) in [5, 5.41) is 6.97. The number of nitrogens with one attached hydrogen (secondary N) is 2. The average Bonchev–Trinajstić information content (AvgIpc) is 2.74. The summed E-state index contributed by atoms with van der Waals surface area (Å²) in [5.41, 5.74) is 5.20. The molecular weight excluding hydrogens is 300 g/mol. The first-order valence-corrected chi connectivity index (χ1v) is 8.22. The van der Waals surface area contributed by atoms with E-state index in [9.17, 15) is 4.79 Å². The zero-order valence-corrected chi connectivity index (χ0v) is 14.0. The maximum absolute atomic E-state index is 11.9. The summed E-state index contributed by atoms with van der Waals surface area (Å²) in [5.74, 6) is -0.317. The van der Waals surface area contributed by atoms with Gasteiger partial charge in [0, 0.05) is 18.2 Å². The molecule has 1 unspecified atom stereocenters. The van der Waals surface area contributed by atoms with Crippen molar-refractivity contribution in [1.29, 1.82) is 0 Å². The van der Waals surface area contributed by atoms with E-state index in [1.807, 2.05) is 25.1 Å². The molecule has 1 atom stereocenters. The zero-order chi connectivity index (χ0) is 16.9. The largest absolute Gasteiger partial charge is 0.463 e. The van der Waals surface area contributed by atoms with Gasteiger partial charge in [0.15, 0.2) is 0 Å². The van der Waals surface area contributed by atoms with Crippen molar-refractivity contribution >= 4 is 17.3 Å². The lowest BCUT2D eigenvalue weighted by Gasteiger charge is -2.18. The molecular formula is C20H22N2O2. The predicted molar refractivity (Wildman–Crippen MR) is 96.9 cm³/mol. The third kappa shape index (κ3) is 3.77. The molecule has 0 aliphatic carbocycles. The molecule has 0 amide bonds. The van der Waals surface area contributed by atoms with Gasteiger partial charge in [-0.1, -0.05) is 36.4 Å². The summed E-state index contributed by atoms with van der Waals surface area (Å²) >= 11 is 0. The minimum Gasteiger partial charge on any atom is -0.463 e. The molecule has 0 aromatic heterocycles. The van der Waals surface area contributed by atoms with Crippen molar-refractivity contribution in [3.63, 3.8) is 0 Å². The van der Waals surface area contributed by atoms with Crippen LogP contribution in [0.2, 0.25) is 0 Å². The predicted octanol–water partition coefficient (Wildman–Crippen LogP) is 4.41. The molecule has 4 heteroatoms. The molecule has 0 bridgehead atoms. The smallest absolute Gasteiger partial charge is 0.332 e.